The predicted molar refractivity (Wildman–Crippen MR) is 78.1 cm³/mol. The van der Waals surface area contributed by atoms with Crippen molar-refractivity contribution in [1.29, 1.82) is 0 Å². The number of nitro benzene ring substituents is 1. The van der Waals surface area contributed by atoms with Crippen LogP contribution < -0.4 is 15.7 Å². The number of hydrazone groups is 1. The molecule has 0 saturated heterocycles. The second kappa shape index (κ2) is 6.92. The molecule has 0 bridgehead atoms. The smallest absolute Gasteiger partial charge is 0.311 e. The molecule has 0 fully saturated rings. The maximum atomic E-state index is 11.0. The van der Waals surface area contributed by atoms with Gasteiger partial charge in [-0.25, -0.2) is 5.43 Å². The van der Waals surface area contributed by atoms with Crippen LogP contribution in [-0.2, 0) is 0 Å². The SMILES string of the molecule is CCOc1ccc(/C=N/Nc2nncc(=O)[nH]2)cc1[N+](=O)[O-]. The van der Waals surface area contributed by atoms with Crippen LogP contribution in [0.2, 0.25) is 0 Å². The Kier molecular flexibility index (Phi) is 4.75. The van der Waals surface area contributed by atoms with E-state index in [4.69, 9.17) is 4.74 Å². The Hall–Kier alpha value is -3.30. The first-order chi connectivity index (χ1) is 10.6. The van der Waals surface area contributed by atoms with Crippen LogP contribution in [0.1, 0.15) is 12.5 Å². The van der Waals surface area contributed by atoms with Gasteiger partial charge in [0.1, 0.15) is 6.20 Å². The molecule has 1 aromatic heterocycles. The topological polar surface area (TPSA) is 135 Å². The van der Waals surface area contributed by atoms with E-state index in [0.29, 0.717) is 12.2 Å². The van der Waals surface area contributed by atoms with Crippen molar-refractivity contribution < 1.29 is 9.66 Å². The summed E-state index contributed by atoms with van der Waals surface area (Å²) in [5.41, 5.74) is 2.36. The summed E-state index contributed by atoms with van der Waals surface area (Å²) < 4.78 is 5.18. The molecule has 10 nitrogen and oxygen atoms in total. The Morgan fingerprint density at radius 2 is 2.36 bits per heavy atom. The number of nitro groups is 1. The first-order valence-corrected chi connectivity index (χ1v) is 6.22. The molecule has 0 atom stereocenters. The van der Waals surface area contributed by atoms with E-state index >= 15 is 0 Å². The maximum Gasteiger partial charge on any atom is 0.311 e. The molecule has 0 aliphatic rings. The molecule has 2 aromatic rings. The van der Waals surface area contributed by atoms with Crippen molar-refractivity contribution in [2.75, 3.05) is 12.0 Å². The van der Waals surface area contributed by atoms with Crippen LogP contribution in [0.15, 0.2) is 34.3 Å². The summed E-state index contributed by atoms with van der Waals surface area (Å²) in [5.74, 6) is 0.250. The first kappa shape index (κ1) is 15.1. The van der Waals surface area contributed by atoms with Gasteiger partial charge in [0.05, 0.1) is 17.7 Å². The van der Waals surface area contributed by atoms with E-state index in [9.17, 15) is 14.9 Å². The number of aromatic amines is 1. The Morgan fingerprint density at radius 3 is 3.05 bits per heavy atom. The van der Waals surface area contributed by atoms with Crippen molar-refractivity contribution in [1.82, 2.24) is 15.2 Å². The van der Waals surface area contributed by atoms with E-state index in [-0.39, 0.29) is 17.4 Å². The van der Waals surface area contributed by atoms with Gasteiger partial charge in [-0.15, -0.1) is 10.2 Å². The van der Waals surface area contributed by atoms with E-state index in [0.717, 1.165) is 6.20 Å². The Morgan fingerprint density at radius 1 is 1.55 bits per heavy atom. The fourth-order valence-electron chi connectivity index (χ4n) is 1.57. The van der Waals surface area contributed by atoms with Gasteiger partial charge >= 0.3 is 5.69 Å². The van der Waals surface area contributed by atoms with Crippen molar-refractivity contribution in [2.24, 2.45) is 5.10 Å². The summed E-state index contributed by atoms with van der Waals surface area (Å²) in [6.45, 7) is 2.07. The molecule has 0 spiro atoms. The average molecular weight is 304 g/mol. The molecule has 114 valence electrons. The summed E-state index contributed by atoms with van der Waals surface area (Å²) in [6.07, 6.45) is 2.36. The fourth-order valence-corrected chi connectivity index (χ4v) is 1.57. The highest BCUT2D eigenvalue weighted by Crippen LogP contribution is 2.27. The molecule has 0 aliphatic carbocycles. The number of hydrogen-bond donors (Lipinski definition) is 2. The lowest BCUT2D eigenvalue weighted by Gasteiger charge is -2.04. The summed E-state index contributed by atoms with van der Waals surface area (Å²) >= 11 is 0. The molecule has 0 saturated carbocycles. The molecule has 0 aliphatic heterocycles. The molecular weight excluding hydrogens is 292 g/mol. The van der Waals surface area contributed by atoms with Gasteiger partial charge < -0.3 is 4.74 Å². The zero-order chi connectivity index (χ0) is 15.9. The van der Waals surface area contributed by atoms with Crippen LogP contribution in [0.4, 0.5) is 11.6 Å². The van der Waals surface area contributed by atoms with Crippen molar-refractivity contribution in [3.05, 3.63) is 50.4 Å². The van der Waals surface area contributed by atoms with Gasteiger partial charge in [-0.2, -0.15) is 5.10 Å². The largest absolute Gasteiger partial charge is 0.487 e. The standard InChI is InChI=1S/C12H12N6O4/c1-2-22-10-4-3-8(5-9(10)18(20)21)6-13-16-12-15-11(19)7-14-17-12/h3-7H,2H2,1H3,(H2,15,16,17,19)/b13-6+. The Balaban J connectivity index is 2.15. The fraction of sp³-hybridized carbons (Fsp3) is 0.167. The molecular formula is C12H12N6O4. The van der Waals surface area contributed by atoms with Crippen molar-refractivity contribution in [3.8, 4) is 5.75 Å². The average Bonchev–Trinajstić information content (AvgIpc) is 2.49. The third-order valence-corrected chi connectivity index (χ3v) is 2.44. The van der Waals surface area contributed by atoms with Crippen LogP contribution in [0, 0.1) is 10.1 Å². The maximum absolute atomic E-state index is 11.0. The highest BCUT2D eigenvalue weighted by molar-refractivity contribution is 5.81. The van der Waals surface area contributed by atoms with Crippen LogP contribution in [0.5, 0.6) is 5.75 Å². The minimum absolute atomic E-state index is 0.0594. The number of H-pyrrole nitrogens is 1. The zero-order valence-electron chi connectivity index (χ0n) is 11.5. The van der Waals surface area contributed by atoms with Crippen LogP contribution >= 0.6 is 0 Å². The first-order valence-electron chi connectivity index (χ1n) is 6.22. The van der Waals surface area contributed by atoms with Crippen LogP contribution in [0.25, 0.3) is 0 Å². The van der Waals surface area contributed by atoms with E-state index in [1.54, 1.807) is 13.0 Å². The summed E-state index contributed by atoms with van der Waals surface area (Å²) in [7, 11) is 0. The molecule has 2 rings (SSSR count). The number of aromatic nitrogens is 3. The molecule has 0 amide bonds. The van der Waals surface area contributed by atoms with E-state index in [1.165, 1.54) is 18.3 Å². The van der Waals surface area contributed by atoms with E-state index < -0.39 is 10.5 Å². The van der Waals surface area contributed by atoms with Crippen molar-refractivity contribution >= 4 is 17.9 Å². The lowest BCUT2D eigenvalue weighted by molar-refractivity contribution is -0.385. The molecule has 2 N–H and O–H groups in total. The second-order valence-corrected chi connectivity index (χ2v) is 3.97. The van der Waals surface area contributed by atoms with Crippen molar-refractivity contribution in [3.63, 3.8) is 0 Å². The van der Waals surface area contributed by atoms with E-state index in [2.05, 4.69) is 25.7 Å². The predicted octanol–water partition coefficient (Wildman–Crippen LogP) is 0.918. The second-order valence-electron chi connectivity index (χ2n) is 3.97. The summed E-state index contributed by atoms with van der Waals surface area (Å²) in [4.78, 5) is 23.8. The number of ether oxygens (including phenoxy) is 1. The summed E-state index contributed by atoms with van der Waals surface area (Å²) in [6, 6.07) is 4.44. The lowest BCUT2D eigenvalue weighted by atomic mass is 10.2. The molecule has 10 heteroatoms. The third kappa shape index (κ3) is 3.85. The summed E-state index contributed by atoms with van der Waals surface area (Å²) in [5, 5.41) is 21.8. The minimum atomic E-state index is -0.532. The third-order valence-electron chi connectivity index (χ3n) is 2.44. The molecule has 1 heterocycles. The highest BCUT2D eigenvalue weighted by Gasteiger charge is 2.15. The van der Waals surface area contributed by atoms with Crippen LogP contribution in [0.3, 0.4) is 0 Å². The highest BCUT2D eigenvalue weighted by atomic mass is 16.6. The normalized spacial score (nSPS) is 10.6. The zero-order valence-corrected chi connectivity index (χ0v) is 11.5. The van der Waals surface area contributed by atoms with Gasteiger partial charge in [0, 0.05) is 11.6 Å². The monoisotopic (exact) mass is 304 g/mol. The van der Waals surface area contributed by atoms with Crippen molar-refractivity contribution in [2.45, 2.75) is 6.92 Å². The number of anilines is 1. The minimum Gasteiger partial charge on any atom is -0.487 e. The quantitative estimate of drug-likeness (QED) is 0.460. The number of nitrogens with zero attached hydrogens (tertiary/aromatic N) is 4. The Labute approximate surface area is 124 Å². The van der Waals surface area contributed by atoms with Gasteiger partial charge in [0.2, 0.25) is 5.95 Å². The molecule has 1 aromatic carbocycles. The van der Waals surface area contributed by atoms with Crippen LogP contribution in [-0.4, -0.2) is 32.9 Å². The number of benzene rings is 1. The molecule has 0 unspecified atom stereocenters. The Bertz CT molecular complexity index is 757. The lowest BCUT2D eigenvalue weighted by Crippen LogP contribution is -2.10. The van der Waals surface area contributed by atoms with Gasteiger partial charge in [-0.05, 0) is 19.1 Å². The van der Waals surface area contributed by atoms with Gasteiger partial charge in [0.25, 0.3) is 5.56 Å². The number of rotatable bonds is 6. The number of hydrogen-bond acceptors (Lipinski definition) is 8. The number of nitrogens with one attached hydrogen (secondary N) is 2. The molecule has 22 heavy (non-hydrogen) atoms. The van der Waals surface area contributed by atoms with Gasteiger partial charge in [0.15, 0.2) is 5.75 Å². The van der Waals surface area contributed by atoms with Gasteiger partial charge in [-0.1, -0.05) is 0 Å². The van der Waals surface area contributed by atoms with Gasteiger partial charge in [-0.3, -0.25) is 19.9 Å². The molecule has 0 radical (unpaired) electrons. The van der Waals surface area contributed by atoms with E-state index in [1.807, 2.05) is 0 Å².